The van der Waals surface area contributed by atoms with E-state index in [4.69, 9.17) is 9.47 Å². The van der Waals surface area contributed by atoms with Crippen molar-refractivity contribution in [3.63, 3.8) is 0 Å². The lowest BCUT2D eigenvalue weighted by molar-refractivity contribution is 0.0700. The van der Waals surface area contributed by atoms with Gasteiger partial charge in [-0.3, -0.25) is 9.97 Å². The number of anilines is 1. The van der Waals surface area contributed by atoms with Gasteiger partial charge in [0, 0.05) is 42.8 Å². The zero-order valence-corrected chi connectivity index (χ0v) is 21.1. The van der Waals surface area contributed by atoms with Crippen molar-refractivity contribution in [1.82, 2.24) is 20.2 Å². The summed E-state index contributed by atoms with van der Waals surface area (Å²) >= 11 is 1.44. The minimum atomic E-state index is -0.592. The van der Waals surface area contributed by atoms with Gasteiger partial charge in [-0.2, -0.15) is 0 Å². The fourth-order valence-corrected chi connectivity index (χ4v) is 5.15. The highest BCUT2D eigenvalue weighted by Gasteiger charge is 2.23. The predicted molar refractivity (Wildman–Crippen MR) is 141 cm³/mol. The number of thiophene rings is 1. The van der Waals surface area contributed by atoms with Gasteiger partial charge in [0.2, 0.25) is 0 Å². The van der Waals surface area contributed by atoms with E-state index >= 15 is 0 Å². The van der Waals surface area contributed by atoms with Gasteiger partial charge < -0.3 is 25.0 Å². The summed E-state index contributed by atoms with van der Waals surface area (Å²) in [6.45, 7) is 1.58. The van der Waals surface area contributed by atoms with Crippen LogP contribution < -0.4 is 15.4 Å². The highest BCUT2D eigenvalue weighted by atomic mass is 32.1. The third-order valence-corrected chi connectivity index (χ3v) is 7.37. The number of hydrogen-bond acceptors (Lipinski definition) is 7. The fraction of sp³-hybridized carbons (Fsp3) is 0.259. The molecule has 0 bridgehead atoms. The second kappa shape index (κ2) is 10.3. The Morgan fingerprint density at radius 1 is 1.16 bits per heavy atom. The number of cyclic esters (lactones) is 1. The molecule has 4 heterocycles. The zero-order chi connectivity index (χ0) is 26.1. The Labute approximate surface area is 221 Å². The fourth-order valence-electron chi connectivity index (χ4n) is 4.11. The highest BCUT2D eigenvalue weighted by Crippen LogP contribution is 2.39. The second-order valence-electron chi connectivity index (χ2n) is 9.20. The van der Waals surface area contributed by atoms with Crippen LogP contribution in [0, 0.1) is 5.82 Å². The molecule has 11 heteroatoms. The van der Waals surface area contributed by atoms with Crippen molar-refractivity contribution in [2.75, 3.05) is 18.5 Å². The largest absolute Gasteiger partial charge is 0.453 e. The smallest absolute Gasteiger partial charge is 0.410 e. The number of hydrogen-bond donors (Lipinski definition) is 2. The zero-order valence-electron chi connectivity index (χ0n) is 20.3. The van der Waals surface area contributed by atoms with E-state index < -0.39 is 5.82 Å². The molecule has 1 aliphatic heterocycles. The molecule has 2 aliphatic rings. The summed E-state index contributed by atoms with van der Waals surface area (Å²) in [7, 11) is 0. The standard InChI is InChI=1S/C27H24FN5O4S/c28-19-12-18(32-26(34)31-17-3-4-17)5-7-22(19)37-23-8-9-29-21-13-24(38-25(21)23)20-6-2-16(14-30-20)15-33-10-1-11-36-27(33)35/h2,5-9,12-14,17H,1,3-4,10-11,15H2,(H2,31,32,34). The first-order valence-corrected chi connectivity index (χ1v) is 13.1. The van der Waals surface area contributed by atoms with Crippen LogP contribution in [0.5, 0.6) is 11.5 Å². The number of rotatable bonds is 7. The molecule has 1 saturated carbocycles. The molecule has 2 fully saturated rings. The molecule has 3 amide bonds. The number of nitrogens with one attached hydrogen (secondary N) is 2. The van der Waals surface area contributed by atoms with Gasteiger partial charge in [-0.05, 0) is 49.1 Å². The first-order valence-electron chi connectivity index (χ1n) is 12.3. The van der Waals surface area contributed by atoms with Crippen molar-refractivity contribution in [2.24, 2.45) is 0 Å². The Balaban J connectivity index is 1.17. The van der Waals surface area contributed by atoms with Crippen LogP contribution in [-0.2, 0) is 11.3 Å². The number of urea groups is 1. The first-order chi connectivity index (χ1) is 18.5. The first kappa shape index (κ1) is 24.1. The number of nitrogens with zero attached hydrogens (tertiary/aromatic N) is 3. The number of halogens is 1. The number of fused-ring (bicyclic) bond motifs is 1. The Bertz CT molecular complexity index is 1510. The Morgan fingerprint density at radius 3 is 2.82 bits per heavy atom. The van der Waals surface area contributed by atoms with Crippen molar-refractivity contribution in [3.05, 3.63) is 66.2 Å². The number of aromatic nitrogens is 2. The van der Waals surface area contributed by atoms with Crippen molar-refractivity contribution < 1.29 is 23.5 Å². The van der Waals surface area contributed by atoms with E-state index in [0.29, 0.717) is 36.6 Å². The van der Waals surface area contributed by atoms with Crippen molar-refractivity contribution in [3.8, 4) is 22.1 Å². The summed E-state index contributed by atoms with van der Waals surface area (Å²) in [4.78, 5) is 35.4. The maximum atomic E-state index is 14.8. The number of pyridine rings is 2. The van der Waals surface area contributed by atoms with E-state index in [1.807, 2.05) is 18.2 Å². The van der Waals surface area contributed by atoms with Gasteiger partial charge in [0.1, 0.15) is 5.75 Å². The molecule has 0 radical (unpaired) electrons. The van der Waals surface area contributed by atoms with Gasteiger partial charge in [-0.25, -0.2) is 14.0 Å². The summed E-state index contributed by atoms with van der Waals surface area (Å²) in [6, 6.07) is 11.6. The number of amides is 3. The van der Waals surface area contributed by atoms with Gasteiger partial charge in [-0.1, -0.05) is 6.07 Å². The molecule has 0 atom stereocenters. The molecule has 9 nitrogen and oxygen atoms in total. The quantitative estimate of drug-likeness (QED) is 0.306. The second-order valence-corrected chi connectivity index (χ2v) is 10.2. The number of ether oxygens (including phenoxy) is 2. The van der Waals surface area contributed by atoms with Crippen LogP contribution in [0.3, 0.4) is 0 Å². The molecular weight excluding hydrogens is 509 g/mol. The Morgan fingerprint density at radius 2 is 2.05 bits per heavy atom. The summed E-state index contributed by atoms with van der Waals surface area (Å²) in [5.41, 5.74) is 2.72. The molecule has 4 aromatic rings. The van der Waals surface area contributed by atoms with Crippen molar-refractivity contribution in [2.45, 2.75) is 31.8 Å². The Kier molecular flexibility index (Phi) is 6.50. The topological polar surface area (TPSA) is 106 Å². The summed E-state index contributed by atoms with van der Waals surface area (Å²) in [5.74, 6) is -0.0808. The maximum absolute atomic E-state index is 14.8. The van der Waals surface area contributed by atoms with Crippen LogP contribution in [0.25, 0.3) is 20.8 Å². The number of carbonyl (C=O) groups excluding carboxylic acids is 2. The van der Waals surface area contributed by atoms with Crippen LogP contribution in [0.15, 0.2) is 54.9 Å². The van der Waals surface area contributed by atoms with Crippen LogP contribution >= 0.6 is 11.3 Å². The number of benzene rings is 1. The molecule has 6 rings (SSSR count). The van der Waals surface area contributed by atoms with Crippen LogP contribution in [0.2, 0.25) is 0 Å². The lowest BCUT2D eigenvalue weighted by Gasteiger charge is -2.26. The summed E-state index contributed by atoms with van der Waals surface area (Å²) in [5, 5.41) is 5.44. The molecule has 0 unspecified atom stereocenters. The van der Waals surface area contributed by atoms with Gasteiger partial charge in [0.05, 0.1) is 33.9 Å². The summed E-state index contributed by atoms with van der Waals surface area (Å²) in [6.07, 6.45) is 5.82. The molecule has 194 valence electrons. The molecule has 0 spiro atoms. The highest BCUT2D eigenvalue weighted by molar-refractivity contribution is 7.22. The van der Waals surface area contributed by atoms with Gasteiger partial charge in [0.25, 0.3) is 0 Å². The maximum Gasteiger partial charge on any atom is 0.410 e. The third kappa shape index (κ3) is 5.37. The van der Waals surface area contributed by atoms with E-state index in [-0.39, 0.29) is 23.9 Å². The lowest BCUT2D eigenvalue weighted by atomic mass is 10.2. The third-order valence-electron chi connectivity index (χ3n) is 6.20. The molecule has 1 saturated heterocycles. The predicted octanol–water partition coefficient (Wildman–Crippen LogP) is 5.92. The van der Waals surface area contributed by atoms with E-state index in [1.54, 1.807) is 29.4 Å². The lowest BCUT2D eigenvalue weighted by Crippen LogP contribution is -2.37. The van der Waals surface area contributed by atoms with Crippen LogP contribution in [0.1, 0.15) is 24.8 Å². The minimum absolute atomic E-state index is 0.0410. The van der Waals surface area contributed by atoms with Crippen LogP contribution in [0.4, 0.5) is 19.7 Å². The molecule has 1 aromatic carbocycles. The average molecular weight is 534 g/mol. The molecule has 1 aliphatic carbocycles. The van der Waals surface area contributed by atoms with Crippen molar-refractivity contribution >= 4 is 39.4 Å². The molecule has 2 N–H and O–H groups in total. The monoisotopic (exact) mass is 533 g/mol. The molecule has 3 aromatic heterocycles. The molecule has 38 heavy (non-hydrogen) atoms. The average Bonchev–Trinajstić information content (AvgIpc) is 3.61. The SMILES string of the molecule is O=C(Nc1ccc(Oc2ccnc3cc(-c4ccc(CN5CCCOC5=O)cn4)sc23)c(F)c1)NC1CC1. The van der Waals surface area contributed by atoms with Crippen LogP contribution in [-0.4, -0.2) is 46.2 Å². The number of carbonyl (C=O) groups is 2. The summed E-state index contributed by atoms with van der Waals surface area (Å²) < 4.78 is 26.6. The van der Waals surface area contributed by atoms with Gasteiger partial charge >= 0.3 is 12.1 Å². The minimum Gasteiger partial charge on any atom is -0.453 e. The van der Waals surface area contributed by atoms with E-state index in [2.05, 4.69) is 20.6 Å². The van der Waals surface area contributed by atoms with E-state index in [0.717, 1.165) is 40.1 Å². The van der Waals surface area contributed by atoms with Gasteiger partial charge in [-0.15, -0.1) is 11.3 Å². The van der Waals surface area contributed by atoms with E-state index in [1.165, 1.54) is 23.5 Å². The molecular formula is C27H24FN5O4S. The van der Waals surface area contributed by atoms with Gasteiger partial charge in [0.15, 0.2) is 11.6 Å². The van der Waals surface area contributed by atoms with Crippen molar-refractivity contribution in [1.29, 1.82) is 0 Å². The van der Waals surface area contributed by atoms with E-state index in [9.17, 15) is 14.0 Å². The Hall–Kier alpha value is -4.25. The normalized spacial score (nSPS) is 15.3.